The Morgan fingerprint density at radius 2 is 1.82 bits per heavy atom. The summed E-state index contributed by atoms with van der Waals surface area (Å²) in [7, 11) is 1.60. The lowest BCUT2D eigenvalue weighted by Gasteiger charge is -2.27. The molecule has 0 saturated heterocycles. The smallest absolute Gasteiger partial charge is 0.312 e. The summed E-state index contributed by atoms with van der Waals surface area (Å²) in [6, 6.07) is 15.3. The zero-order valence-corrected chi connectivity index (χ0v) is 21.6. The molecule has 0 aromatic heterocycles. The fourth-order valence-electron chi connectivity index (χ4n) is 5.30. The summed E-state index contributed by atoms with van der Waals surface area (Å²) < 4.78 is 29.0. The molecule has 0 bridgehead atoms. The van der Waals surface area contributed by atoms with Crippen LogP contribution < -0.4 is 23.7 Å². The van der Waals surface area contributed by atoms with E-state index in [1.165, 1.54) is 11.1 Å². The molecule has 7 nitrogen and oxygen atoms in total. The van der Waals surface area contributed by atoms with Gasteiger partial charge in [-0.15, -0.1) is 0 Å². The Kier molecular flexibility index (Phi) is 6.06. The molecule has 0 spiro atoms. The van der Waals surface area contributed by atoms with Crippen molar-refractivity contribution in [1.82, 2.24) is 0 Å². The molecule has 0 radical (unpaired) electrons. The van der Waals surface area contributed by atoms with Crippen molar-refractivity contribution in [2.45, 2.75) is 39.0 Å². The number of hydrogen-bond donors (Lipinski definition) is 0. The first-order valence-corrected chi connectivity index (χ1v) is 12.8. The van der Waals surface area contributed by atoms with Crippen molar-refractivity contribution in [3.05, 3.63) is 87.7 Å². The summed E-state index contributed by atoms with van der Waals surface area (Å²) in [5, 5.41) is 0. The van der Waals surface area contributed by atoms with Crippen molar-refractivity contribution in [3.63, 3.8) is 0 Å². The first kappa shape index (κ1) is 24.1. The van der Waals surface area contributed by atoms with Gasteiger partial charge in [-0.2, -0.15) is 0 Å². The van der Waals surface area contributed by atoms with E-state index in [1.807, 2.05) is 38.1 Å². The van der Waals surface area contributed by atoms with Gasteiger partial charge in [-0.1, -0.05) is 18.2 Å². The quantitative estimate of drug-likeness (QED) is 0.243. The zero-order chi connectivity index (χ0) is 26.4. The third-order valence-corrected chi connectivity index (χ3v) is 7.20. The molecule has 0 saturated carbocycles. The number of benzene rings is 3. The van der Waals surface area contributed by atoms with Crippen LogP contribution in [0.15, 0.2) is 59.9 Å². The van der Waals surface area contributed by atoms with Gasteiger partial charge in [0.05, 0.1) is 32.3 Å². The second-order valence-corrected chi connectivity index (χ2v) is 9.89. The average molecular weight is 513 g/mol. The Hall–Kier alpha value is -4.26. The molecule has 194 valence electrons. The van der Waals surface area contributed by atoms with Crippen LogP contribution in [0, 0.1) is 0 Å². The van der Waals surface area contributed by atoms with Crippen LogP contribution in [0.5, 0.6) is 28.7 Å². The third-order valence-electron chi connectivity index (χ3n) is 7.20. The number of methoxy groups -OCH3 is 1. The van der Waals surface area contributed by atoms with Crippen LogP contribution in [0.25, 0.3) is 0 Å². The molecule has 1 atom stereocenters. The summed E-state index contributed by atoms with van der Waals surface area (Å²) in [5.74, 6) is 2.48. The molecule has 0 amide bonds. The Morgan fingerprint density at radius 3 is 2.63 bits per heavy atom. The normalized spacial score (nSPS) is 17.1. The molecule has 38 heavy (non-hydrogen) atoms. The molecule has 3 aliphatic heterocycles. The van der Waals surface area contributed by atoms with Gasteiger partial charge in [0.25, 0.3) is 0 Å². The number of carbonyl (C=O) groups excluding carboxylic acids is 2. The van der Waals surface area contributed by atoms with Crippen LogP contribution in [0.4, 0.5) is 0 Å². The molecule has 0 aliphatic carbocycles. The van der Waals surface area contributed by atoms with E-state index in [4.69, 9.17) is 23.7 Å². The molecular formula is C31H28O7. The van der Waals surface area contributed by atoms with Crippen LogP contribution in [-0.4, -0.2) is 32.1 Å². The number of fused-ring (bicyclic) bond motifs is 4. The lowest BCUT2D eigenvalue weighted by Crippen LogP contribution is -2.21. The Balaban J connectivity index is 1.30. The van der Waals surface area contributed by atoms with Crippen molar-refractivity contribution in [3.8, 4) is 28.7 Å². The fraction of sp³-hybridized carbons (Fsp3) is 0.290. The second-order valence-electron chi connectivity index (χ2n) is 9.89. The first-order valence-electron chi connectivity index (χ1n) is 12.8. The molecule has 0 unspecified atom stereocenters. The van der Waals surface area contributed by atoms with Crippen molar-refractivity contribution in [2.24, 2.45) is 0 Å². The Labute approximate surface area is 220 Å². The molecular weight excluding hydrogens is 484 g/mol. The van der Waals surface area contributed by atoms with E-state index in [9.17, 15) is 9.59 Å². The minimum atomic E-state index is -0.365. The summed E-state index contributed by atoms with van der Waals surface area (Å²) in [5.41, 5.74) is 5.23. The maximum Gasteiger partial charge on any atom is 0.312 e. The van der Waals surface area contributed by atoms with Crippen LogP contribution in [0.2, 0.25) is 0 Å². The molecule has 3 aliphatic rings. The van der Waals surface area contributed by atoms with Gasteiger partial charge in [0.1, 0.15) is 17.2 Å². The third kappa shape index (κ3) is 4.18. The van der Waals surface area contributed by atoms with Crippen LogP contribution in [0.1, 0.15) is 58.8 Å². The Morgan fingerprint density at radius 1 is 0.974 bits per heavy atom. The Bertz CT molecular complexity index is 1500. The van der Waals surface area contributed by atoms with Crippen LogP contribution in [0.3, 0.4) is 0 Å². The van der Waals surface area contributed by atoms with E-state index in [1.54, 1.807) is 19.2 Å². The number of esters is 1. The molecule has 3 aromatic carbocycles. The van der Waals surface area contributed by atoms with Gasteiger partial charge in [-0.25, -0.2) is 0 Å². The molecule has 3 heterocycles. The van der Waals surface area contributed by atoms with Crippen LogP contribution >= 0.6 is 0 Å². The van der Waals surface area contributed by atoms with Gasteiger partial charge in [0.15, 0.2) is 17.3 Å². The summed E-state index contributed by atoms with van der Waals surface area (Å²) in [6.45, 7) is 4.87. The van der Waals surface area contributed by atoms with Crippen molar-refractivity contribution < 1.29 is 33.3 Å². The van der Waals surface area contributed by atoms with Crippen molar-refractivity contribution >= 4 is 11.8 Å². The highest BCUT2D eigenvalue weighted by atomic mass is 16.5. The van der Waals surface area contributed by atoms with E-state index in [0.29, 0.717) is 46.5 Å². The number of ether oxygens (including phenoxy) is 5. The summed E-state index contributed by atoms with van der Waals surface area (Å²) in [6.07, 6.45) is 1.78. The number of ketones is 1. The lowest BCUT2D eigenvalue weighted by atomic mass is 9.84. The predicted molar refractivity (Wildman–Crippen MR) is 140 cm³/mol. The highest BCUT2D eigenvalue weighted by Crippen LogP contribution is 2.50. The second kappa shape index (κ2) is 9.56. The maximum atomic E-state index is 12.9. The first-order chi connectivity index (χ1) is 18.4. The van der Waals surface area contributed by atoms with Gasteiger partial charge in [-0.3, -0.25) is 9.59 Å². The zero-order valence-electron chi connectivity index (χ0n) is 21.6. The topological polar surface area (TPSA) is 80.3 Å². The largest absolute Gasteiger partial charge is 0.493 e. The minimum absolute atomic E-state index is 0.119. The standard InChI is InChI=1S/C31H28O7/c1-17(2)30-29(33)21-6-9-25-28(31(21)38-30)22(16-27(32)37-25)19-5-8-24(34-3)26(15-19)36-12-10-18-4-7-23-20(14-18)11-13-35-23/h4-9,14-15,22H,10-13,16H2,1-3H3/t22-/m1/s1. The monoisotopic (exact) mass is 512 g/mol. The molecule has 6 rings (SSSR count). The number of Topliss-reactive ketones (excluding diaryl/α,β-unsaturated/α-hetero) is 1. The number of carbonyl (C=O) groups is 2. The minimum Gasteiger partial charge on any atom is -0.493 e. The average Bonchev–Trinajstić information content (AvgIpc) is 3.52. The SMILES string of the molecule is COc1ccc([C@H]2CC(=O)Oc3ccc4c(c32)OC(=C(C)C)C4=O)cc1OCCc1ccc2c(c1)CCO2. The predicted octanol–water partition coefficient (Wildman–Crippen LogP) is 5.56. The lowest BCUT2D eigenvalue weighted by molar-refractivity contribution is -0.135. The molecule has 3 aromatic rings. The highest BCUT2D eigenvalue weighted by Gasteiger charge is 2.39. The van der Waals surface area contributed by atoms with E-state index in [2.05, 4.69) is 12.1 Å². The van der Waals surface area contributed by atoms with E-state index in [0.717, 1.165) is 36.3 Å². The van der Waals surface area contributed by atoms with E-state index in [-0.39, 0.29) is 24.1 Å². The van der Waals surface area contributed by atoms with Crippen molar-refractivity contribution in [1.29, 1.82) is 0 Å². The molecule has 0 fully saturated rings. The highest BCUT2D eigenvalue weighted by molar-refractivity contribution is 6.13. The van der Waals surface area contributed by atoms with E-state index >= 15 is 0 Å². The maximum absolute atomic E-state index is 12.9. The van der Waals surface area contributed by atoms with Gasteiger partial charge in [-0.05, 0) is 66.4 Å². The van der Waals surface area contributed by atoms with Gasteiger partial charge < -0.3 is 23.7 Å². The molecule has 7 heteroatoms. The van der Waals surface area contributed by atoms with Gasteiger partial charge in [0.2, 0.25) is 5.78 Å². The van der Waals surface area contributed by atoms with Gasteiger partial charge in [0, 0.05) is 24.3 Å². The van der Waals surface area contributed by atoms with Crippen LogP contribution in [-0.2, 0) is 17.6 Å². The number of rotatable bonds is 6. The van der Waals surface area contributed by atoms with Crippen molar-refractivity contribution in [2.75, 3.05) is 20.3 Å². The fourth-order valence-corrected chi connectivity index (χ4v) is 5.30. The summed E-state index contributed by atoms with van der Waals surface area (Å²) >= 11 is 0. The van der Waals surface area contributed by atoms with Gasteiger partial charge >= 0.3 is 5.97 Å². The number of allylic oxidation sites excluding steroid dienone is 2. The number of hydrogen-bond acceptors (Lipinski definition) is 7. The van der Waals surface area contributed by atoms with E-state index < -0.39 is 0 Å². The molecule has 0 N–H and O–H groups in total. The summed E-state index contributed by atoms with van der Waals surface area (Å²) in [4.78, 5) is 25.5.